The van der Waals surface area contributed by atoms with Crippen LogP contribution in [-0.4, -0.2) is 48.6 Å². The molecule has 0 spiro atoms. The van der Waals surface area contributed by atoms with Gasteiger partial charge in [-0.15, -0.1) is 0 Å². The minimum atomic E-state index is -0.226. The van der Waals surface area contributed by atoms with E-state index in [0.29, 0.717) is 17.3 Å². The van der Waals surface area contributed by atoms with Gasteiger partial charge in [0, 0.05) is 25.2 Å². The van der Waals surface area contributed by atoms with Crippen molar-refractivity contribution in [3.8, 4) is 11.5 Å². The molecule has 0 saturated carbocycles. The third kappa shape index (κ3) is 4.72. The average molecular weight is 391 g/mol. The van der Waals surface area contributed by atoms with Gasteiger partial charge in [-0.05, 0) is 24.6 Å². The van der Waals surface area contributed by atoms with Crippen molar-refractivity contribution in [3.63, 3.8) is 0 Å². The third-order valence-electron chi connectivity index (χ3n) is 5.08. The summed E-state index contributed by atoms with van der Waals surface area (Å²) in [5.74, 6) is 0.743. The van der Waals surface area contributed by atoms with Crippen LogP contribution in [-0.2, 0) is 4.74 Å². The van der Waals surface area contributed by atoms with Crippen LogP contribution in [0.5, 0.6) is 0 Å². The van der Waals surface area contributed by atoms with Crippen molar-refractivity contribution in [3.05, 3.63) is 77.7 Å². The van der Waals surface area contributed by atoms with E-state index in [1.54, 1.807) is 6.92 Å². The minimum absolute atomic E-state index is 0.141. The van der Waals surface area contributed by atoms with E-state index in [9.17, 15) is 4.79 Å². The van der Waals surface area contributed by atoms with Gasteiger partial charge in [-0.25, -0.2) is 4.98 Å². The maximum absolute atomic E-state index is 13.1. The number of benzene rings is 2. The number of carbonyl (C=O) groups excluding carboxylic acids is 1. The highest BCUT2D eigenvalue weighted by molar-refractivity contribution is 5.94. The SMILES string of the molecule is Cc1oc(-c2ccccc2)nc1C(=O)N[C@H](CN1CCOCC1)c1ccccc1. The molecule has 1 N–H and O–H groups in total. The van der Waals surface area contributed by atoms with Gasteiger partial charge in [-0.2, -0.15) is 0 Å². The predicted octanol–water partition coefficient (Wildman–Crippen LogP) is 3.45. The van der Waals surface area contributed by atoms with E-state index >= 15 is 0 Å². The lowest BCUT2D eigenvalue weighted by Crippen LogP contribution is -2.43. The highest BCUT2D eigenvalue weighted by atomic mass is 16.5. The first-order valence-electron chi connectivity index (χ1n) is 9.89. The van der Waals surface area contributed by atoms with Gasteiger partial charge in [0.25, 0.3) is 5.91 Å². The zero-order valence-corrected chi connectivity index (χ0v) is 16.5. The molecule has 1 saturated heterocycles. The number of amides is 1. The number of carbonyl (C=O) groups is 1. The van der Waals surface area contributed by atoms with Gasteiger partial charge in [0.15, 0.2) is 5.69 Å². The number of hydrogen-bond donors (Lipinski definition) is 1. The van der Waals surface area contributed by atoms with Gasteiger partial charge in [0.2, 0.25) is 5.89 Å². The molecule has 150 valence electrons. The van der Waals surface area contributed by atoms with Gasteiger partial charge in [0.1, 0.15) is 5.76 Å². The van der Waals surface area contributed by atoms with Gasteiger partial charge in [-0.3, -0.25) is 9.69 Å². The van der Waals surface area contributed by atoms with Crippen LogP contribution in [0.3, 0.4) is 0 Å². The van der Waals surface area contributed by atoms with Crippen LogP contribution >= 0.6 is 0 Å². The molecular formula is C23H25N3O3. The van der Waals surface area contributed by atoms with E-state index in [4.69, 9.17) is 9.15 Å². The molecule has 1 amide bonds. The fourth-order valence-corrected chi connectivity index (χ4v) is 3.50. The summed E-state index contributed by atoms with van der Waals surface area (Å²) in [7, 11) is 0. The number of aryl methyl sites for hydroxylation is 1. The summed E-state index contributed by atoms with van der Waals surface area (Å²) in [6, 6.07) is 19.5. The Morgan fingerprint density at radius 2 is 1.72 bits per heavy atom. The van der Waals surface area contributed by atoms with Crippen LogP contribution in [0, 0.1) is 6.92 Å². The molecule has 0 bridgehead atoms. The van der Waals surface area contributed by atoms with Crippen molar-refractivity contribution in [2.75, 3.05) is 32.8 Å². The monoisotopic (exact) mass is 391 g/mol. The molecule has 6 nitrogen and oxygen atoms in total. The quantitative estimate of drug-likeness (QED) is 0.697. The van der Waals surface area contributed by atoms with Gasteiger partial charge >= 0.3 is 0 Å². The fraction of sp³-hybridized carbons (Fsp3) is 0.304. The van der Waals surface area contributed by atoms with Crippen LogP contribution in [0.15, 0.2) is 65.1 Å². The third-order valence-corrected chi connectivity index (χ3v) is 5.08. The number of aromatic nitrogens is 1. The summed E-state index contributed by atoms with van der Waals surface area (Å²) >= 11 is 0. The van der Waals surface area contributed by atoms with E-state index in [-0.39, 0.29) is 11.9 Å². The summed E-state index contributed by atoms with van der Waals surface area (Å²) in [5, 5.41) is 3.16. The number of oxazole rings is 1. The molecule has 1 fully saturated rings. The lowest BCUT2D eigenvalue weighted by molar-refractivity contribution is 0.0332. The molecule has 6 heteroatoms. The van der Waals surface area contributed by atoms with Crippen molar-refractivity contribution < 1.29 is 13.9 Å². The summed E-state index contributed by atoms with van der Waals surface area (Å²) < 4.78 is 11.2. The smallest absolute Gasteiger partial charge is 0.274 e. The maximum atomic E-state index is 13.1. The number of rotatable bonds is 6. The Hall–Kier alpha value is -2.96. The number of morpholine rings is 1. The maximum Gasteiger partial charge on any atom is 0.274 e. The topological polar surface area (TPSA) is 67.6 Å². The molecule has 2 aromatic carbocycles. The molecule has 4 rings (SSSR count). The molecule has 0 unspecified atom stereocenters. The van der Waals surface area contributed by atoms with E-state index < -0.39 is 0 Å². The van der Waals surface area contributed by atoms with Crippen LogP contribution in [0.4, 0.5) is 0 Å². The first-order chi connectivity index (χ1) is 14.2. The summed E-state index contributed by atoms with van der Waals surface area (Å²) in [4.78, 5) is 19.8. The van der Waals surface area contributed by atoms with Crippen LogP contribution in [0.1, 0.15) is 27.9 Å². The lowest BCUT2D eigenvalue weighted by atomic mass is 10.1. The Labute approximate surface area is 170 Å². The lowest BCUT2D eigenvalue weighted by Gasteiger charge is -2.31. The van der Waals surface area contributed by atoms with Gasteiger partial charge < -0.3 is 14.5 Å². The highest BCUT2D eigenvalue weighted by Gasteiger charge is 2.24. The number of hydrogen-bond acceptors (Lipinski definition) is 5. The zero-order chi connectivity index (χ0) is 20.1. The Morgan fingerprint density at radius 3 is 2.41 bits per heavy atom. The minimum Gasteiger partial charge on any atom is -0.441 e. The second kappa shape index (κ2) is 9.03. The van der Waals surface area contributed by atoms with Crippen molar-refractivity contribution >= 4 is 5.91 Å². The second-order valence-corrected chi connectivity index (χ2v) is 7.14. The summed E-state index contributed by atoms with van der Waals surface area (Å²) in [6.07, 6.45) is 0. The summed E-state index contributed by atoms with van der Waals surface area (Å²) in [6.45, 7) is 5.66. The Bertz CT molecular complexity index is 935. The second-order valence-electron chi connectivity index (χ2n) is 7.14. The van der Waals surface area contributed by atoms with Crippen molar-refractivity contribution in [2.24, 2.45) is 0 Å². The first kappa shape index (κ1) is 19.4. The van der Waals surface area contributed by atoms with Crippen LogP contribution in [0.2, 0.25) is 0 Å². The number of nitrogens with one attached hydrogen (secondary N) is 1. The molecule has 2 heterocycles. The number of nitrogens with zero attached hydrogens (tertiary/aromatic N) is 2. The number of ether oxygens (including phenoxy) is 1. The Balaban J connectivity index is 1.54. The predicted molar refractivity (Wildman–Crippen MR) is 111 cm³/mol. The van der Waals surface area contributed by atoms with E-state index in [1.807, 2.05) is 60.7 Å². The molecule has 29 heavy (non-hydrogen) atoms. The van der Waals surface area contributed by atoms with Crippen molar-refractivity contribution in [2.45, 2.75) is 13.0 Å². The average Bonchev–Trinajstić information content (AvgIpc) is 3.17. The van der Waals surface area contributed by atoms with E-state index in [0.717, 1.165) is 44.0 Å². The van der Waals surface area contributed by atoms with E-state index in [1.165, 1.54) is 0 Å². The van der Waals surface area contributed by atoms with Crippen molar-refractivity contribution in [1.29, 1.82) is 0 Å². The molecule has 0 radical (unpaired) electrons. The first-order valence-corrected chi connectivity index (χ1v) is 9.89. The fourth-order valence-electron chi connectivity index (χ4n) is 3.50. The van der Waals surface area contributed by atoms with Gasteiger partial charge in [-0.1, -0.05) is 48.5 Å². The molecule has 1 aliphatic heterocycles. The standard InChI is InChI=1S/C23H25N3O3/c1-17-21(25-23(29-17)19-10-6-3-7-11-19)22(27)24-20(18-8-4-2-5-9-18)16-26-12-14-28-15-13-26/h2-11,20H,12-16H2,1H3,(H,24,27)/t20-/m1/s1. The van der Waals surface area contributed by atoms with Crippen molar-refractivity contribution in [1.82, 2.24) is 15.2 Å². The largest absolute Gasteiger partial charge is 0.441 e. The molecular weight excluding hydrogens is 366 g/mol. The van der Waals surface area contributed by atoms with E-state index in [2.05, 4.69) is 15.2 Å². The molecule has 3 aromatic rings. The molecule has 1 atom stereocenters. The van der Waals surface area contributed by atoms with Gasteiger partial charge in [0.05, 0.1) is 19.3 Å². The zero-order valence-electron chi connectivity index (χ0n) is 16.5. The molecule has 1 aliphatic rings. The molecule has 0 aliphatic carbocycles. The van der Waals surface area contributed by atoms with Crippen LogP contribution < -0.4 is 5.32 Å². The summed E-state index contributed by atoms with van der Waals surface area (Å²) in [5.41, 5.74) is 2.24. The van der Waals surface area contributed by atoms with Crippen LogP contribution in [0.25, 0.3) is 11.5 Å². The highest BCUT2D eigenvalue weighted by Crippen LogP contribution is 2.22. The Morgan fingerprint density at radius 1 is 1.07 bits per heavy atom. The molecule has 1 aromatic heterocycles. The normalized spacial score (nSPS) is 15.8. The Kier molecular flexibility index (Phi) is 6.03.